The van der Waals surface area contributed by atoms with Crippen LogP contribution >= 0.6 is 0 Å². The Balaban J connectivity index is 2.09. The number of hydrogen-bond acceptors (Lipinski definition) is 0. The molecule has 0 saturated heterocycles. The summed E-state index contributed by atoms with van der Waals surface area (Å²) >= 11 is 0. The van der Waals surface area contributed by atoms with Gasteiger partial charge >= 0.3 is 0 Å². The van der Waals surface area contributed by atoms with Gasteiger partial charge in [-0.1, -0.05) is 78.8 Å². The lowest BCUT2D eigenvalue weighted by molar-refractivity contribution is 0.824. The van der Waals surface area contributed by atoms with Gasteiger partial charge in [0.1, 0.15) is 0 Å². The van der Waals surface area contributed by atoms with Crippen molar-refractivity contribution in [1.29, 1.82) is 0 Å². The van der Waals surface area contributed by atoms with Crippen LogP contribution in [0.25, 0.3) is 11.6 Å². The van der Waals surface area contributed by atoms with Crippen LogP contribution < -0.4 is 0 Å². The number of hydrogen-bond donors (Lipinski definition) is 0. The van der Waals surface area contributed by atoms with Crippen LogP contribution in [0.2, 0.25) is 0 Å². The Bertz CT molecular complexity index is 1190. The van der Waals surface area contributed by atoms with Crippen molar-refractivity contribution in [2.75, 3.05) is 0 Å². The van der Waals surface area contributed by atoms with Crippen molar-refractivity contribution in [3.8, 4) is 11.8 Å². The third-order valence-corrected chi connectivity index (χ3v) is 5.32. The van der Waals surface area contributed by atoms with E-state index in [2.05, 4.69) is 94.7 Å². The Morgan fingerprint density at radius 3 is 2.23 bits per heavy atom. The van der Waals surface area contributed by atoms with Gasteiger partial charge in [0.25, 0.3) is 0 Å². The van der Waals surface area contributed by atoms with Gasteiger partial charge in [-0.25, -0.2) is 0 Å². The zero-order chi connectivity index (χ0) is 23.1. The Labute approximate surface area is 189 Å². The Kier molecular flexibility index (Phi) is 7.23. The van der Waals surface area contributed by atoms with Gasteiger partial charge in [-0.15, -0.1) is 5.73 Å². The molecule has 3 aromatic rings. The maximum atomic E-state index is 8.80. The molecule has 0 heteroatoms. The van der Waals surface area contributed by atoms with Gasteiger partial charge in [-0.2, -0.15) is 0 Å². The molecule has 1 atom stereocenters. The van der Waals surface area contributed by atoms with Crippen LogP contribution in [0, 0.1) is 39.5 Å². The molecule has 0 N–H and O–H groups in total. The Hall–Kier alpha value is -3.26. The zero-order valence-corrected chi connectivity index (χ0v) is 19.3. The molecule has 1 unspecified atom stereocenters. The second kappa shape index (κ2) is 10.7. The SMILES string of the molecule is [2H]C(CCC)C(=C=Cc1ccccc1C#Cc1ccc(C)cc1)c1c(C)cc(C)cc1C. The van der Waals surface area contributed by atoms with E-state index in [9.17, 15) is 0 Å². The van der Waals surface area contributed by atoms with E-state index in [1.165, 1.54) is 22.3 Å². The average molecular weight is 406 g/mol. The van der Waals surface area contributed by atoms with E-state index >= 15 is 0 Å². The summed E-state index contributed by atoms with van der Waals surface area (Å²) in [5.41, 5.74) is 13.5. The maximum Gasteiger partial charge on any atom is 0.0327 e. The topological polar surface area (TPSA) is 0 Å². The van der Waals surface area contributed by atoms with Gasteiger partial charge in [-0.05, 0) is 87.0 Å². The minimum absolute atomic E-state index is 0.304. The molecule has 0 aromatic heterocycles. The summed E-state index contributed by atoms with van der Waals surface area (Å²) in [5, 5.41) is 0. The smallest absolute Gasteiger partial charge is 0.0327 e. The molecule has 0 radical (unpaired) electrons. The molecule has 156 valence electrons. The first-order chi connectivity index (χ1) is 15.4. The summed E-state index contributed by atoms with van der Waals surface area (Å²) in [6.45, 7) is 10.6. The zero-order valence-electron chi connectivity index (χ0n) is 20.3. The highest BCUT2D eigenvalue weighted by molar-refractivity contribution is 5.74. The summed E-state index contributed by atoms with van der Waals surface area (Å²) in [6.07, 6.45) is 3.49. The molecule has 0 aliphatic rings. The average Bonchev–Trinajstić information content (AvgIpc) is 2.75. The highest BCUT2D eigenvalue weighted by Crippen LogP contribution is 2.28. The van der Waals surface area contributed by atoms with E-state index < -0.39 is 0 Å². The fourth-order valence-corrected chi connectivity index (χ4v) is 3.80. The van der Waals surface area contributed by atoms with Crippen molar-refractivity contribution in [2.45, 2.75) is 53.9 Å². The maximum absolute atomic E-state index is 8.80. The van der Waals surface area contributed by atoms with Gasteiger partial charge in [0.2, 0.25) is 0 Å². The molecule has 0 saturated carbocycles. The van der Waals surface area contributed by atoms with Gasteiger partial charge in [0, 0.05) is 18.1 Å². The molecule has 0 aliphatic heterocycles. The highest BCUT2D eigenvalue weighted by Gasteiger charge is 2.09. The summed E-state index contributed by atoms with van der Waals surface area (Å²) in [7, 11) is 0. The number of aryl methyl sites for hydroxylation is 4. The van der Waals surface area contributed by atoms with Crippen molar-refractivity contribution in [3.05, 3.63) is 111 Å². The standard InChI is InChI=1S/C31H32/c1-6-7-10-30(31-25(4)21-24(3)22-26(31)5)20-19-29-12-9-8-11-28(29)18-17-27-15-13-23(2)14-16-27/h8-9,11-16,19,21-22H,6-7,10H2,1-5H3/i10D. The fourth-order valence-electron chi connectivity index (χ4n) is 3.80. The van der Waals surface area contributed by atoms with Gasteiger partial charge in [0.15, 0.2) is 0 Å². The van der Waals surface area contributed by atoms with Crippen LogP contribution in [0.15, 0.2) is 66.4 Å². The van der Waals surface area contributed by atoms with E-state index in [1.807, 2.05) is 24.3 Å². The van der Waals surface area contributed by atoms with E-state index in [4.69, 9.17) is 1.37 Å². The van der Waals surface area contributed by atoms with Crippen molar-refractivity contribution in [1.82, 2.24) is 0 Å². The molecule has 0 nitrogen and oxygen atoms in total. The Morgan fingerprint density at radius 1 is 0.871 bits per heavy atom. The lowest BCUT2D eigenvalue weighted by Gasteiger charge is -2.13. The van der Waals surface area contributed by atoms with Gasteiger partial charge in [-0.3, -0.25) is 0 Å². The van der Waals surface area contributed by atoms with Crippen LogP contribution in [-0.4, -0.2) is 0 Å². The quantitative estimate of drug-likeness (QED) is 0.296. The first-order valence-corrected chi connectivity index (χ1v) is 11.0. The van der Waals surface area contributed by atoms with Crippen molar-refractivity contribution in [2.24, 2.45) is 0 Å². The van der Waals surface area contributed by atoms with Crippen molar-refractivity contribution < 1.29 is 1.37 Å². The summed E-state index contributed by atoms with van der Waals surface area (Å²) in [4.78, 5) is 0. The predicted octanol–water partition coefficient (Wildman–Crippen LogP) is 8.21. The van der Waals surface area contributed by atoms with Crippen molar-refractivity contribution in [3.63, 3.8) is 0 Å². The minimum Gasteiger partial charge on any atom is -0.116 e. The summed E-state index contributed by atoms with van der Waals surface area (Å²) in [5.74, 6) is 6.59. The number of allylic oxidation sites excluding steroid dienone is 1. The minimum atomic E-state index is -0.304. The molecule has 0 spiro atoms. The second-order valence-corrected chi connectivity index (χ2v) is 8.17. The number of rotatable bonds is 5. The normalized spacial score (nSPS) is 11.6. The molecule has 0 amide bonds. The van der Waals surface area contributed by atoms with Gasteiger partial charge in [0.05, 0.1) is 0 Å². The lowest BCUT2D eigenvalue weighted by Crippen LogP contribution is -1.94. The molecule has 31 heavy (non-hydrogen) atoms. The van der Waals surface area contributed by atoms with E-state index in [-0.39, 0.29) is 6.40 Å². The lowest BCUT2D eigenvalue weighted by atomic mass is 9.91. The van der Waals surface area contributed by atoms with E-state index in [0.29, 0.717) is 0 Å². The van der Waals surface area contributed by atoms with Crippen LogP contribution in [0.3, 0.4) is 0 Å². The summed E-state index contributed by atoms with van der Waals surface area (Å²) < 4.78 is 8.80. The van der Waals surface area contributed by atoms with Crippen molar-refractivity contribution >= 4 is 11.6 Å². The molecule has 3 rings (SSSR count). The molecule has 3 aromatic carbocycles. The Morgan fingerprint density at radius 2 is 1.55 bits per heavy atom. The third kappa shape index (κ3) is 6.11. The molecule has 0 aliphatic carbocycles. The molecule has 0 heterocycles. The van der Waals surface area contributed by atoms with Crippen LogP contribution in [-0.2, 0) is 0 Å². The summed E-state index contributed by atoms with van der Waals surface area (Å²) in [6, 6.07) is 20.8. The molecule has 0 fully saturated rings. The number of benzene rings is 3. The molecule has 0 bridgehead atoms. The van der Waals surface area contributed by atoms with E-state index in [1.54, 1.807) is 0 Å². The predicted molar refractivity (Wildman–Crippen MR) is 135 cm³/mol. The first kappa shape index (κ1) is 21.0. The monoisotopic (exact) mass is 405 g/mol. The van der Waals surface area contributed by atoms with Gasteiger partial charge < -0.3 is 0 Å². The highest BCUT2D eigenvalue weighted by atomic mass is 14.1. The van der Waals surface area contributed by atoms with Crippen LogP contribution in [0.1, 0.15) is 72.0 Å². The van der Waals surface area contributed by atoms with E-state index in [0.717, 1.165) is 40.7 Å². The van der Waals surface area contributed by atoms with Crippen LogP contribution in [0.4, 0.5) is 0 Å². The third-order valence-electron chi connectivity index (χ3n) is 5.32. The molecular formula is C31H32. The molecular weight excluding hydrogens is 372 g/mol. The second-order valence-electron chi connectivity index (χ2n) is 8.17. The largest absolute Gasteiger partial charge is 0.116 e. The first-order valence-electron chi connectivity index (χ1n) is 11.6. The van der Waals surface area contributed by atoms with Crippen LogP contribution in [0.5, 0.6) is 0 Å². The fraction of sp³-hybridized carbons (Fsp3) is 0.258.